The summed E-state index contributed by atoms with van der Waals surface area (Å²) in [6, 6.07) is 0. The van der Waals surface area contributed by atoms with Crippen LogP contribution >= 0.6 is 0 Å². The average Bonchev–Trinajstić information content (AvgIpc) is 2.13. The molecule has 0 aromatic heterocycles. The molecular weight excluding hydrogens is 172 g/mol. The molecule has 13 heavy (non-hydrogen) atoms. The molecule has 1 aliphatic rings. The van der Waals surface area contributed by atoms with Gasteiger partial charge in [-0.1, -0.05) is 0 Å². The van der Waals surface area contributed by atoms with E-state index in [4.69, 9.17) is 5.73 Å². The Bertz CT molecular complexity index is 339. The molecule has 0 bridgehead atoms. The van der Waals surface area contributed by atoms with E-state index in [0.717, 1.165) is 4.90 Å². The quantitative estimate of drug-likeness (QED) is 0.459. The second kappa shape index (κ2) is 3.05. The van der Waals surface area contributed by atoms with E-state index in [1.165, 1.54) is 14.0 Å². The van der Waals surface area contributed by atoms with Crippen LogP contribution in [0.4, 0.5) is 0 Å². The number of nitrogens with zero attached hydrogens (tertiary/aromatic N) is 1. The number of aliphatic hydroxyl groups excluding tert-OH is 1. The van der Waals surface area contributed by atoms with Crippen molar-refractivity contribution < 1.29 is 14.7 Å². The fourth-order valence-corrected chi connectivity index (χ4v) is 1.12. The van der Waals surface area contributed by atoms with Crippen LogP contribution in [-0.2, 0) is 9.59 Å². The highest BCUT2D eigenvalue weighted by Gasteiger charge is 2.32. The summed E-state index contributed by atoms with van der Waals surface area (Å²) >= 11 is 0. The number of rotatable bonds is 0. The Hall–Kier alpha value is -1.58. The molecule has 0 radical (unpaired) electrons. The van der Waals surface area contributed by atoms with Gasteiger partial charge in [0.2, 0.25) is 0 Å². The minimum absolute atomic E-state index is 0.0135. The average molecular weight is 182 g/mol. The summed E-state index contributed by atoms with van der Waals surface area (Å²) < 4.78 is 0. The van der Waals surface area contributed by atoms with E-state index in [9.17, 15) is 14.7 Å². The smallest absolute Gasteiger partial charge is 0.272 e. The normalized spacial score (nSPS) is 23.6. The standard InChI is InChI=1S/C8H10N2O3/c1-4-5(3-11)7(12)10(2)8(13)6(4)9/h7,12H,9H2,1-2H3. The number of amides is 1. The van der Waals surface area contributed by atoms with Gasteiger partial charge in [-0.05, 0) is 12.5 Å². The van der Waals surface area contributed by atoms with Crippen molar-refractivity contribution in [3.8, 4) is 0 Å². The first-order valence-electron chi connectivity index (χ1n) is 3.67. The van der Waals surface area contributed by atoms with Crippen LogP contribution in [0.1, 0.15) is 6.92 Å². The summed E-state index contributed by atoms with van der Waals surface area (Å²) in [5.41, 5.74) is 5.71. The summed E-state index contributed by atoms with van der Waals surface area (Å²) in [5, 5.41) is 9.41. The zero-order valence-electron chi connectivity index (χ0n) is 7.37. The monoisotopic (exact) mass is 182 g/mol. The third-order valence-corrected chi connectivity index (χ3v) is 2.09. The highest BCUT2D eigenvalue weighted by Crippen LogP contribution is 2.22. The number of likely N-dealkylation sites (N-methyl/N-ethyl adjacent to an activating group) is 1. The lowest BCUT2D eigenvalue weighted by Gasteiger charge is -2.29. The Morgan fingerprint density at radius 3 is 2.62 bits per heavy atom. The maximum atomic E-state index is 11.2. The van der Waals surface area contributed by atoms with Crippen LogP contribution in [0.25, 0.3) is 0 Å². The van der Waals surface area contributed by atoms with Gasteiger partial charge in [0, 0.05) is 7.05 Å². The molecule has 0 spiro atoms. The molecule has 0 saturated carbocycles. The zero-order valence-corrected chi connectivity index (χ0v) is 7.37. The Labute approximate surface area is 75.1 Å². The van der Waals surface area contributed by atoms with Crippen LogP contribution in [0.15, 0.2) is 16.8 Å². The van der Waals surface area contributed by atoms with Crippen LogP contribution in [0, 0.1) is 0 Å². The maximum absolute atomic E-state index is 11.2. The predicted octanol–water partition coefficient (Wildman–Crippen LogP) is -1.23. The second-order valence-electron chi connectivity index (χ2n) is 2.84. The first kappa shape index (κ1) is 9.51. The summed E-state index contributed by atoms with van der Waals surface area (Å²) in [5.74, 6) is 1.09. The molecule has 1 atom stereocenters. The van der Waals surface area contributed by atoms with Crippen LogP contribution in [-0.4, -0.2) is 35.1 Å². The van der Waals surface area contributed by atoms with Crippen LogP contribution in [0.3, 0.4) is 0 Å². The summed E-state index contributed by atoms with van der Waals surface area (Å²) in [4.78, 5) is 22.7. The Morgan fingerprint density at radius 1 is 1.62 bits per heavy atom. The van der Waals surface area contributed by atoms with E-state index in [-0.39, 0.29) is 11.3 Å². The van der Waals surface area contributed by atoms with E-state index in [1.54, 1.807) is 5.94 Å². The van der Waals surface area contributed by atoms with E-state index in [2.05, 4.69) is 0 Å². The molecule has 1 aliphatic heterocycles. The molecule has 0 aliphatic carbocycles. The molecule has 1 amide bonds. The van der Waals surface area contributed by atoms with Crippen molar-refractivity contribution in [2.24, 2.45) is 5.73 Å². The number of carbonyl (C=O) groups is 1. The minimum Gasteiger partial charge on any atom is -0.394 e. The van der Waals surface area contributed by atoms with Crippen molar-refractivity contribution in [3.05, 3.63) is 16.8 Å². The maximum Gasteiger partial charge on any atom is 0.272 e. The Balaban J connectivity index is 3.33. The SMILES string of the molecule is CC1=C(N)C(=O)N(C)C(O)C1=C=O. The second-order valence-corrected chi connectivity index (χ2v) is 2.84. The van der Waals surface area contributed by atoms with Gasteiger partial charge >= 0.3 is 0 Å². The van der Waals surface area contributed by atoms with E-state index in [0.29, 0.717) is 5.57 Å². The molecule has 0 aromatic rings. The van der Waals surface area contributed by atoms with E-state index in [1.807, 2.05) is 0 Å². The van der Waals surface area contributed by atoms with E-state index < -0.39 is 12.1 Å². The molecule has 0 saturated heterocycles. The largest absolute Gasteiger partial charge is 0.394 e. The lowest BCUT2D eigenvalue weighted by atomic mass is 10.0. The molecule has 1 rings (SSSR count). The van der Waals surface area contributed by atoms with Crippen molar-refractivity contribution in [2.75, 3.05) is 7.05 Å². The molecular formula is C8H10N2O3. The molecule has 5 heteroatoms. The number of nitrogens with two attached hydrogens (primary N) is 1. The lowest BCUT2D eigenvalue weighted by Crippen LogP contribution is -2.45. The topological polar surface area (TPSA) is 83.6 Å². The summed E-state index contributed by atoms with van der Waals surface area (Å²) in [6.45, 7) is 1.50. The van der Waals surface area contributed by atoms with Crippen LogP contribution in [0.5, 0.6) is 0 Å². The van der Waals surface area contributed by atoms with Gasteiger partial charge in [-0.2, -0.15) is 0 Å². The highest BCUT2D eigenvalue weighted by atomic mass is 16.3. The van der Waals surface area contributed by atoms with Gasteiger partial charge in [-0.3, -0.25) is 4.79 Å². The number of aliphatic hydroxyl groups is 1. The molecule has 5 nitrogen and oxygen atoms in total. The Kier molecular flexibility index (Phi) is 2.23. The van der Waals surface area contributed by atoms with Crippen molar-refractivity contribution in [3.63, 3.8) is 0 Å². The highest BCUT2D eigenvalue weighted by molar-refractivity contribution is 5.97. The first-order chi connectivity index (χ1) is 6.00. The van der Waals surface area contributed by atoms with Gasteiger partial charge < -0.3 is 15.7 Å². The molecule has 70 valence electrons. The fraction of sp³-hybridized carbons (Fsp3) is 0.375. The summed E-state index contributed by atoms with van der Waals surface area (Å²) in [6.07, 6.45) is -1.24. The van der Waals surface area contributed by atoms with Crippen molar-refractivity contribution in [1.82, 2.24) is 4.90 Å². The van der Waals surface area contributed by atoms with Crippen LogP contribution < -0.4 is 5.73 Å². The van der Waals surface area contributed by atoms with Gasteiger partial charge in [-0.25, -0.2) is 4.79 Å². The van der Waals surface area contributed by atoms with Crippen molar-refractivity contribution in [1.29, 1.82) is 0 Å². The minimum atomic E-state index is -1.24. The predicted molar refractivity (Wildman–Crippen MR) is 44.9 cm³/mol. The molecule has 0 aromatic carbocycles. The molecule has 3 N–H and O–H groups in total. The first-order valence-corrected chi connectivity index (χ1v) is 3.67. The number of hydrogen-bond acceptors (Lipinski definition) is 4. The summed E-state index contributed by atoms with van der Waals surface area (Å²) in [7, 11) is 1.36. The lowest BCUT2D eigenvalue weighted by molar-refractivity contribution is -0.133. The fourth-order valence-electron chi connectivity index (χ4n) is 1.12. The Morgan fingerprint density at radius 2 is 2.15 bits per heavy atom. The van der Waals surface area contributed by atoms with E-state index >= 15 is 0 Å². The van der Waals surface area contributed by atoms with Crippen molar-refractivity contribution in [2.45, 2.75) is 13.2 Å². The molecule has 1 unspecified atom stereocenters. The van der Waals surface area contributed by atoms with Gasteiger partial charge in [-0.15, -0.1) is 0 Å². The molecule has 1 heterocycles. The van der Waals surface area contributed by atoms with Gasteiger partial charge in [0.25, 0.3) is 5.91 Å². The number of carbonyl (C=O) groups excluding carboxylic acids is 2. The van der Waals surface area contributed by atoms with Gasteiger partial charge in [0.05, 0.1) is 5.57 Å². The van der Waals surface area contributed by atoms with Crippen molar-refractivity contribution >= 4 is 11.8 Å². The third-order valence-electron chi connectivity index (χ3n) is 2.09. The third kappa shape index (κ3) is 1.24. The molecule has 0 fully saturated rings. The van der Waals surface area contributed by atoms with Gasteiger partial charge in [0.15, 0.2) is 6.23 Å². The number of hydrogen-bond donors (Lipinski definition) is 2. The van der Waals surface area contributed by atoms with Crippen LogP contribution in [0.2, 0.25) is 0 Å². The zero-order chi connectivity index (χ0) is 10.2. The van der Waals surface area contributed by atoms with Gasteiger partial charge in [0.1, 0.15) is 11.6 Å².